The zero-order chi connectivity index (χ0) is 6.91. The first-order chi connectivity index (χ1) is 4.19. The van der Waals surface area contributed by atoms with Crippen molar-refractivity contribution in [2.24, 2.45) is 0 Å². The Morgan fingerprint density at radius 3 is 2.67 bits per heavy atom. The first kappa shape index (κ1) is 7.03. The van der Waals surface area contributed by atoms with Crippen molar-refractivity contribution in [2.45, 2.75) is 38.4 Å². The smallest absolute Gasteiger partial charge is 0.0924 e. The Hall–Kier alpha value is -0.0800. The van der Waals surface area contributed by atoms with Crippen molar-refractivity contribution in [1.82, 2.24) is 0 Å². The number of ether oxygens (including phenoxy) is 1. The molecule has 2 heteroatoms. The summed E-state index contributed by atoms with van der Waals surface area (Å²) in [5, 5.41) is 9.64. The van der Waals surface area contributed by atoms with Crippen molar-refractivity contribution in [2.75, 3.05) is 6.61 Å². The van der Waals surface area contributed by atoms with Crippen LogP contribution in [0.4, 0.5) is 0 Å². The fraction of sp³-hybridized carbons (Fsp3) is 1.00. The van der Waals surface area contributed by atoms with E-state index in [1.165, 1.54) is 0 Å². The van der Waals surface area contributed by atoms with E-state index >= 15 is 0 Å². The van der Waals surface area contributed by atoms with Gasteiger partial charge in [0, 0.05) is 13.0 Å². The van der Waals surface area contributed by atoms with Crippen molar-refractivity contribution in [3.05, 3.63) is 0 Å². The van der Waals surface area contributed by atoms with E-state index in [4.69, 9.17) is 4.74 Å². The lowest BCUT2D eigenvalue weighted by atomic mass is 9.94. The van der Waals surface area contributed by atoms with Gasteiger partial charge in [0.2, 0.25) is 0 Å². The molecule has 0 aromatic carbocycles. The maximum absolute atomic E-state index is 9.64. The van der Waals surface area contributed by atoms with E-state index in [0.29, 0.717) is 6.61 Å². The second-order valence-electron chi connectivity index (χ2n) is 2.72. The Kier molecular flexibility index (Phi) is 1.78. The fourth-order valence-electron chi connectivity index (χ4n) is 1.24. The molecule has 0 saturated carbocycles. The minimum Gasteiger partial charge on any atom is -0.387 e. The van der Waals surface area contributed by atoms with Crippen molar-refractivity contribution in [3.63, 3.8) is 0 Å². The molecule has 1 aliphatic heterocycles. The van der Waals surface area contributed by atoms with E-state index < -0.39 is 5.60 Å². The van der Waals surface area contributed by atoms with E-state index in [2.05, 4.69) is 0 Å². The molecule has 1 aliphatic rings. The first-order valence-corrected chi connectivity index (χ1v) is 3.53. The first-order valence-electron chi connectivity index (χ1n) is 3.53. The molecule has 9 heavy (non-hydrogen) atoms. The minimum atomic E-state index is -0.528. The Labute approximate surface area is 55.8 Å². The maximum atomic E-state index is 9.64. The molecule has 0 aliphatic carbocycles. The molecule has 0 radical (unpaired) electrons. The number of rotatable bonds is 1. The van der Waals surface area contributed by atoms with E-state index in [9.17, 15) is 5.11 Å². The Bertz CT molecular complexity index is 103. The van der Waals surface area contributed by atoms with Crippen molar-refractivity contribution < 1.29 is 9.84 Å². The van der Waals surface area contributed by atoms with Gasteiger partial charge in [-0.15, -0.1) is 0 Å². The molecule has 0 bridgehead atoms. The van der Waals surface area contributed by atoms with Crippen LogP contribution in [0.15, 0.2) is 0 Å². The van der Waals surface area contributed by atoms with Crippen LogP contribution in [-0.2, 0) is 4.74 Å². The predicted octanol–water partition coefficient (Wildman–Crippen LogP) is 0.936. The molecule has 1 saturated heterocycles. The Balaban J connectivity index is 2.56. The van der Waals surface area contributed by atoms with Gasteiger partial charge >= 0.3 is 0 Å². The quantitative estimate of drug-likeness (QED) is 0.572. The maximum Gasteiger partial charge on any atom is 0.0924 e. The van der Waals surface area contributed by atoms with Crippen LogP contribution in [0.25, 0.3) is 0 Å². The van der Waals surface area contributed by atoms with Crippen LogP contribution in [0, 0.1) is 0 Å². The van der Waals surface area contributed by atoms with Gasteiger partial charge in [-0.2, -0.15) is 0 Å². The second kappa shape index (κ2) is 2.27. The van der Waals surface area contributed by atoms with Gasteiger partial charge in [0.15, 0.2) is 0 Å². The monoisotopic (exact) mass is 130 g/mol. The highest BCUT2D eigenvalue weighted by atomic mass is 16.5. The molecule has 1 N–H and O–H groups in total. The Morgan fingerprint density at radius 1 is 1.78 bits per heavy atom. The molecule has 1 heterocycles. The largest absolute Gasteiger partial charge is 0.387 e. The summed E-state index contributed by atoms with van der Waals surface area (Å²) >= 11 is 0. The van der Waals surface area contributed by atoms with Crippen LogP contribution in [0.1, 0.15) is 26.7 Å². The lowest BCUT2D eigenvalue weighted by molar-refractivity contribution is -0.0297. The summed E-state index contributed by atoms with van der Waals surface area (Å²) in [7, 11) is 0. The molecule has 2 unspecified atom stereocenters. The number of hydrogen-bond donors (Lipinski definition) is 1. The van der Waals surface area contributed by atoms with Crippen molar-refractivity contribution >= 4 is 0 Å². The molecular weight excluding hydrogens is 116 g/mol. The summed E-state index contributed by atoms with van der Waals surface area (Å²) in [6, 6.07) is 0. The van der Waals surface area contributed by atoms with Crippen LogP contribution in [-0.4, -0.2) is 23.4 Å². The predicted molar refractivity (Wildman–Crippen MR) is 35.3 cm³/mol. The zero-order valence-corrected chi connectivity index (χ0v) is 6.05. The second-order valence-corrected chi connectivity index (χ2v) is 2.72. The van der Waals surface area contributed by atoms with Crippen LogP contribution in [0.3, 0.4) is 0 Å². The number of aliphatic hydroxyl groups is 1. The van der Waals surface area contributed by atoms with Gasteiger partial charge in [-0.25, -0.2) is 0 Å². The van der Waals surface area contributed by atoms with Gasteiger partial charge < -0.3 is 9.84 Å². The molecule has 0 aromatic heterocycles. The normalized spacial score (nSPS) is 43.7. The number of hydrogen-bond acceptors (Lipinski definition) is 2. The average molecular weight is 130 g/mol. The summed E-state index contributed by atoms with van der Waals surface area (Å²) in [6.07, 6.45) is 1.63. The average Bonchev–Trinajstić information content (AvgIpc) is 2.15. The van der Waals surface area contributed by atoms with E-state index in [1.807, 2.05) is 13.8 Å². The zero-order valence-electron chi connectivity index (χ0n) is 6.05. The van der Waals surface area contributed by atoms with Crippen molar-refractivity contribution in [3.8, 4) is 0 Å². The standard InChI is InChI=1S/C7H14O2/c1-3-7(8)4-5-9-6(7)2/h6,8H,3-5H2,1-2H3. The molecule has 2 atom stereocenters. The molecular formula is C7H14O2. The third-order valence-electron chi connectivity index (χ3n) is 2.27. The van der Waals surface area contributed by atoms with Crippen LogP contribution in [0.5, 0.6) is 0 Å². The molecule has 1 rings (SSSR count). The van der Waals surface area contributed by atoms with Crippen LogP contribution in [0.2, 0.25) is 0 Å². The topological polar surface area (TPSA) is 29.5 Å². The summed E-state index contributed by atoms with van der Waals surface area (Å²) < 4.78 is 5.21. The molecule has 0 spiro atoms. The van der Waals surface area contributed by atoms with Gasteiger partial charge in [0.25, 0.3) is 0 Å². The van der Waals surface area contributed by atoms with Crippen LogP contribution >= 0.6 is 0 Å². The molecule has 0 amide bonds. The molecule has 1 fully saturated rings. The SMILES string of the molecule is CCC1(O)CCOC1C. The molecule has 54 valence electrons. The van der Waals surface area contributed by atoms with Gasteiger partial charge in [0.1, 0.15) is 0 Å². The van der Waals surface area contributed by atoms with Gasteiger partial charge in [-0.3, -0.25) is 0 Å². The van der Waals surface area contributed by atoms with Gasteiger partial charge in [-0.1, -0.05) is 6.92 Å². The van der Waals surface area contributed by atoms with Gasteiger partial charge in [-0.05, 0) is 13.3 Å². The molecule has 0 aromatic rings. The summed E-state index contributed by atoms with van der Waals surface area (Å²) in [4.78, 5) is 0. The summed E-state index contributed by atoms with van der Waals surface area (Å²) in [5.74, 6) is 0. The minimum absolute atomic E-state index is 0.0301. The fourth-order valence-corrected chi connectivity index (χ4v) is 1.24. The third-order valence-corrected chi connectivity index (χ3v) is 2.27. The lowest BCUT2D eigenvalue weighted by Crippen LogP contribution is -2.34. The van der Waals surface area contributed by atoms with E-state index in [-0.39, 0.29) is 6.10 Å². The Morgan fingerprint density at radius 2 is 2.44 bits per heavy atom. The summed E-state index contributed by atoms with van der Waals surface area (Å²) in [6.45, 7) is 4.63. The molecule has 2 nitrogen and oxygen atoms in total. The van der Waals surface area contributed by atoms with E-state index in [0.717, 1.165) is 12.8 Å². The van der Waals surface area contributed by atoms with Crippen molar-refractivity contribution in [1.29, 1.82) is 0 Å². The highest BCUT2D eigenvalue weighted by molar-refractivity contribution is 4.87. The highest BCUT2D eigenvalue weighted by Gasteiger charge is 2.37. The van der Waals surface area contributed by atoms with E-state index in [1.54, 1.807) is 0 Å². The third kappa shape index (κ3) is 1.10. The summed E-state index contributed by atoms with van der Waals surface area (Å²) in [5.41, 5.74) is -0.528. The van der Waals surface area contributed by atoms with Gasteiger partial charge in [0.05, 0.1) is 11.7 Å². The lowest BCUT2D eigenvalue weighted by Gasteiger charge is -2.23. The van der Waals surface area contributed by atoms with Crippen LogP contribution < -0.4 is 0 Å². The highest BCUT2D eigenvalue weighted by Crippen LogP contribution is 2.27.